The van der Waals surface area contributed by atoms with E-state index < -0.39 is 6.10 Å². The summed E-state index contributed by atoms with van der Waals surface area (Å²) >= 11 is 0. The lowest BCUT2D eigenvalue weighted by molar-refractivity contribution is 0.0852. The van der Waals surface area contributed by atoms with Gasteiger partial charge in [0.2, 0.25) is 0 Å². The molecule has 0 aliphatic carbocycles. The Balaban J connectivity index is 1.82. The fourth-order valence-electron chi connectivity index (χ4n) is 3.15. The Morgan fingerprint density at radius 3 is 2.82 bits per heavy atom. The molecule has 1 fully saturated rings. The lowest BCUT2D eigenvalue weighted by Crippen LogP contribution is -2.45. The molecular formula is C17H23N3O2. The van der Waals surface area contributed by atoms with Gasteiger partial charge in [0.1, 0.15) is 11.3 Å². The Morgan fingerprint density at radius 1 is 1.27 bits per heavy atom. The maximum Gasteiger partial charge on any atom is 0.141 e. The molecule has 0 amide bonds. The minimum Gasteiger partial charge on any atom is -0.506 e. The Bertz CT molecular complexity index is 641. The number of aliphatic hydroxyl groups excluding tert-OH is 1. The van der Waals surface area contributed by atoms with Crippen molar-refractivity contribution in [1.29, 1.82) is 0 Å². The predicted molar refractivity (Wildman–Crippen MR) is 86.8 cm³/mol. The van der Waals surface area contributed by atoms with Crippen molar-refractivity contribution in [2.45, 2.75) is 13.0 Å². The molecule has 1 aromatic carbocycles. The molecule has 0 bridgehead atoms. The summed E-state index contributed by atoms with van der Waals surface area (Å²) in [6, 6.07) is 7.15. The van der Waals surface area contributed by atoms with E-state index in [-0.39, 0.29) is 11.7 Å². The van der Waals surface area contributed by atoms with Crippen LogP contribution in [0.2, 0.25) is 0 Å². The third-order valence-electron chi connectivity index (χ3n) is 4.40. The molecule has 1 aliphatic rings. The van der Waals surface area contributed by atoms with E-state index in [4.69, 9.17) is 0 Å². The van der Waals surface area contributed by atoms with Crippen LogP contribution in [-0.2, 0) is 0 Å². The molecule has 1 aromatic heterocycles. The second-order valence-electron chi connectivity index (χ2n) is 6.05. The van der Waals surface area contributed by atoms with Gasteiger partial charge >= 0.3 is 0 Å². The van der Waals surface area contributed by atoms with E-state index in [0.717, 1.165) is 43.7 Å². The normalized spacial score (nSPS) is 19.2. The van der Waals surface area contributed by atoms with Gasteiger partial charge in [0.05, 0.1) is 6.10 Å². The highest BCUT2D eigenvalue weighted by Gasteiger charge is 2.22. The van der Waals surface area contributed by atoms with Crippen molar-refractivity contribution in [3.05, 3.63) is 36.0 Å². The zero-order chi connectivity index (χ0) is 15.5. The quantitative estimate of drug-likeness (QED) is 0.799. The largest absolute Gasteiger partial charge is 0.506 e. The Kier molecular flexibility index (Phi) is 4.57. The van der Waals surface area contributed by atoms with Crippen LogP contribution in [0.25, 0.3) is 10.9 Å². The molecular weight excluding hydrogens is 278 g/mol. The molecule has 2 heterocycles. The van der Waals surface area contributed by atoms with Crippen molar-refractivity contribution in [1.82, 2.24) is 15.2 Å². The van der Waals surface area contributed by atoms with E-state index in [9.17, 15) is 10.2 Å². The third kappa shape index (κ3) is 3.06. The Hall–Kier alpha value is -1.69. The number of phenols is 1. The van der Waals surface area contributed by atoms with E-state index >= 15 is 0 Å². The summed E-state index contributed by atoms with van der Waals surface area (Å²) < 4.78 is 0. The summed E-state index contributed by atoms with van der Waals surface area (Å²) in [6.07, 6.45) is 1.09. The van der Waals surface area contributed by atoms with Crippen LogP contribution in [0.3, 0.4) is 0 Å². The number of aliphatic hydroxyl groups is 1. The van der Waals surface area contributed by atoms with Crippen LogP contribution in [0.4, 0.5) is 0 Å². The highest BCUT2D eigenvalue weighted by atomic mass is 16.3. The number of pyridine rings is 1. The molecule has 0 radical (unpaired) electrons. The molecule has 2 unspecified atom stereocenters. The summed E-state index contributed by atoms with van der Waals surface area (Å²) in [5, 5.41) is 24.8. The molecule has 0 saturated carbocycles. The molecule has 3 N–H and O–H groups in total. The standard InChI is InChI=1S/C17H23N3O2/c1-12(11-20-9-7-18-8-10-20)17(22)14-4-5-15(21)16-13(14)3-2-6-19-16/h2-6,12,17-18,21-22H,7-11H2,1H3. The summed E-state index contributed by atoms with van der Waals surface area (Å²) in [6.45, 7) is 7.00. The van der Waals surface area contributed by atoms with Crippen molar-refractivity contribution >= 4 is 10.9 Å². The highest BCUT2D eigenvalue weighted by molar-refractivity contribution is 5.87. The summed E-state index contributed by atoms with van der Waals surface area (Å²) in [5.74, 6) is 0.271. The minimum absolute atomic E-state index is 0.117. The maximum atomic E-state index is 10.8. The summed E-state index contributed by atoms with van der Waals surface area (Å²) in [7, 11) is 0. The second-order valence-corrected chi connectivity index (χ2v) is 6.05. The molecule has 2 aromatic rings. The number of benzene rings is 1. The lowest BCUT2D eigenvalue weighted by atomic mass is 9.93. The van der Waals surface area contributed by atoms with Crippen LogP contribution < -0.4 is 5.32 Å². The van der Waals surface area contributed by atoms with Crippen molar-refractivity contribution in [2.75, 3.05) is 32.7 Å². The summed E-state index contributed by atoms with van der Waals surface area (Å²) in [5.41, 5.74) is 1.39. The molecule has 22 heavy (non-hydrogen) atoms. The average molecular weight is 301 g/mol. The monoisotopic (exact) mass is 301 g/mol. The van der Waals surface area contributed by atoms with E-state index in [1.165, 1.54) is 0 Å². The number of aromatic hydroxyl groups is 1. The zero-order valence-electron chi connectivity index (χ0n) is 12.9. The smallest absolute Gasteiger partial charge is 0.141 e. The van der Waals surface area contributed by atoms with Crippen molar-refractivity contribution in [3.8, 4) is 5.75 Å². The first kappa shape index (κ1) is 15.2. The average Bonchev–Trinajstić information content (AvgIpc) is 2.56. The number of rotatable bonds is 4. The van der Waals surface area contributed by atoms with Gasteiger partial charge in [0.15, 0.2) is 0 Å². The van der Waals surface area contributed by atoms with Crippen LogP contribution in [0.15, 0.2) is 30.5 Å². The second kappa shape index (κ2) is 6.60. The van der Waals surface area contributed by atoms with Gasteiger partial charge in [-0.05, 0) is 23.6 Å². The van der Waals surface area contributed by atoms with Gasteiger partial charge in [-0.3, -0.25) is 4.98 Å². The Morgan fingerprint density at radius 2 is 2.05 bits per heavy atom. The van der Waals surface area contributed by atoms with Gasteiger partial charge < -0.3 is 20.4 Å². The number of piperazine rings is 1. The maximum absolute atomic E-state index is 10.8. The first-order valence-corrected chi connectivity index (χ1v) is 7.84. The number of hydrogen-bond donors (Lipinski definition) is 3. The number of nitrogens with zero attached hydrogens (tertiary/aromatic N) is 2. The van der Waals surface area contributed by atoms with Gasteiger partial charge in [-0.15, -0.1) is 0 Å². The number of aromatic nitrogens is 1. The van der Waals surface area contributed by atoms with Gasteiger partial charge in [-0.1, -0.05) is 19.1 Å². The lowest BCUT2D eigenvalue weighted by Gasteiger charge is -2.31. The number of hydrogen-bond acceptors (Lipinski definition) is 5. The molecule has 5 nitrogen and oxygen atoms in total. The predicted octanol–water partition coefficient (Wildman–Crippen LogP) is 1.52. The molecule has 0 spiro atoms. The third-order valence-corrected chi connectivity index (χ3v) is 4.40. The number of phenolic OH excluding ortho intramolecular Hbond substituents is 1. The first-order chi connectivity index (χ1) is 10.7. The fourth-order valence-corrected chi connectivity index (χ4v) is 3.15. The molecule has 1 aliphatic heterocycles. The van der Waals surface area contributed by atoms with Crippen LogP contribution >= 0.6 is 0 Å². The molecule has 3 rings (SSSR count). The molecule has 118 valence electrons. The van der Waals surface area contributed by atoms with Gasteiger partial charge in [-0.2, -0.15) is 0 Å². The number of nitrogens with one attached hydrogen (secondary N) is 1. The van der Waals surface area contributed by atoms with Gasteiger partial charge in [0, 0.05) is 44.3 Å². The number of fused-ring (bicyclic) bond motifs is 1. The fraction of sp³-hybridized carbons (Fsp3) is 0.471. The SMILES string of the molecule is CC(CN1CCNCC1)C(O)c1ccc(O)c2ncccc12. The molecule has 5 heteroatoms. The first-order valence-electron chi connectivity index (χ1n) is 7.84. The van der Waals surface area contributed by atoms with Crippen LogP contribution in [0.1, 0.15) is 18.6 Å². The summed E-state index contributed by atoms with van der Waals surface area (Å²) in [4.78, 5) is 6.60. The zero-order valence-corrected chi connectivity index (χ0v) is 12.9. The van der Waals surface area contributed by atoms with Crippen LogP contribution in [0, 0.1) is 5.92 Å². The molecule has 2 atom stereocenters. The topological polar surface area (TPSA) is 68.6 Å². The minimum atomic E-state index is -0.567. The van der Waals surface area contributed by atoms with Crippen molar-refractivity contribution in [2.24, 2.45) is 5.92 Å². The highest BCUT2D eigenvalue weighted by Crippen LogP contribution is 2.32. The Labute approximate surface area is 130 Å². The van der Waals surface area contributed by atoms with E-state index in [1.54, 1.807) is 18.3 Å². The van der Waals surface area contributed by atoms with Crippen molar-refractivity contribution in [3.63, 3.8) is 0 Å². The molecule has 1 saturated heterocycles. The van der Waals surface area contributed by atoms with E-state index in [1.807, 2.05) is 12.1 Å². The van der Waals surface area contributed by atoms with Crippen LogP contribution in [0.5, 0.6) is 5.75 Å². The van der Waals surface area contributed by atoms with Gasteiger partial charge in [-0.25, -0.2) is 0 Å². The van der Waals surface area contributed by atoms with E-state index in [0.29, 0.717) is 5.52 Å². The van der Waals surface area contributed by atoms with E-state index in [2.05, 4.69) is 22.1 Å². The van der Waals surface area contributed by atoms with Crippen LogP contribution in [-0.4, -0.2) is 52.8 Å². The van der Waals surface area contributed by atoms with Crippen molar-refractivity contribution < 1.29 is 10.2 Å². The van der Waals surface area contributed by atoms with Gasteiger partial charge in [0.25, 0.3) is 0 Å².